The molecule has 2 rings (SSSR count). The van der Waals surface area contributed by atoms with Crippen LogP contribution in [0.2, 0.25) is 0 Å². The summed E-state index contributed by atoms with van der Waals surface area (Å²) in [5.74, 6) is 0.273. The Balaban J connectivity index is 0.00000200. The predicted octanol–water partition coefficient (Wildman–Crippen LogP) is 2.93. The van der Waals surface area contributed by atoms with Crippen molar-refractivity contribution in [2.75, 3.05) is 19.6 Å². The predicted molar refractivity (Wildman–Crippen MR) is 88.5 cm³/mol. The van der Waals surface area contributed by atoms with Crippen LogP contribution in [0.1, 0.15) is 24.5 Å². The molecule has 112 valence electrons. The minimum Gasteiger partial charge on any atom is -0.337 e. The number of halogens is 2. The van der Waals surface area contributed by atoms with Crippen LogP contribution in [0.3, 0.4) is 0 Å². The molecule has 1 amide bonds. The summed E-state index contributed by atoms with van der Waals surface area (Å²) in [6.07, 6.45) is 1.43. The molecule has 1 unspecified atom stereocenters. The van der Waals surface area contributed by atoms with Gasteiger partial charge in [-0.2, -0.15) is 0 Å². The lowest BCUT2D eigenvalue weighted by atomic mass is 10.1. The van der Waals surface area contributed by atoms with Gasteiger partial charge in [0.1, 0.15) is 0 Å². The Morgan fingerprint density at radius 2 is 2.25 bits per heavy atom. The van der Waals surface area contributed by atoms with E-state index in [4.69, 9.17) is 0 Å². The van der Waals surface area contributed by atoms with Crippen LogP contribution in [-0.4, -0.2) is 36.5 Å². The fourth-order valence-electron chi connectivity index (χ4n) is 2.47. The van der Waals surface area contributed by atoms with Crippen molar-refractivity contribution in [3.63, 3.8) is 0 Å². The highest BCUT2D eigenvalue weighted by atomic mass is 79.9. The molecule has 1 aliphatic rings. The molecule has 0 spiro atoms. The lowest BCUT2D eigenvalue weighted by Gasteiger charge is -2.34. The quantitative estimate of drug-likeness (QED) is 0.898. The Hall–Kier alpha value is -0.580. The SMILES string of the molecule is Cc1cc(CCC(=O)N2CCNCC2C)ccc1Br.Cl. The average molecular weight is 362 g/mol. The monoisotopic (exact) mass is 360 g/mol. The molecule has 1 N–H and O–H groups in total. The second-order valence-corrected chi connectivity index (χ2v) is 6.08. The molecule has 0 radical (unpaired) electrons. The normalized spacial score (nSPS) is 18.6. The summed E-state index contributed by atoms with van der Waals surface area (Å²) in [5, 5.41) is 3.31. The van der Waals surface area contributed by atoms with Crippen molar-refractivity contribution in [3.8, 4) is 0 Å². The van der Waals surface area contributed by atoms with Crippen molar-refractivity contribution in [1.82, 2.24) is 10.2 Å². The average Bonchev–Trinajstić information content (AvgIpc) is 2.40. The Kier molecular flexibility index (Phi) is 7.00. The maximum Gasteiger partial charge on any atom is 0.223 e. The third-order valence-electron chi connectivity index (χ3n) is 3.67. The molecular weight excluding hydrogens is 340 g/mol. The third kappa shape index (κ3) is 4.47. The second kappa shape index (κ2) is 8.01. The highest BCUT2D eigenvalue weighted by Crippen LogP contribution is 2.18. The van der Waals surface area contributed by atoms with Crippen LogP contribution in [0.25, 0.3) is 0 Å². The molecule has 1 saturated heterocycles. The van der Waals surface area contributed by atoms with Crippen LogP contribution in [0.5, 0.6) is 0 Å². The first-order valence-corrected chi connectivity index (χ1v) is 7.62. The van der Waals surface area contributed by atoms with Gasteiger partial charge in [-0.25, -0.2) is 0 Å². The Bertz CT molecular complexity index is 467. The van der Waals surface area contributed by atoms with E-state index in [9.17, 15) is 4.79 Å². The number of carbonyl (C=O) groups is 1. The van der Waals surface area contributed by atoms with Crippen LogP contribution >= 0.6 is 28.3 Å². The number of hydrogen-bond acceptors (Lipinski definition) is 2. The summed E-state index contributed by atoms with van der Waals surface area (Å²) >= 11 is 3.50. The van der Waals surface area contributed by atoms with Crippen molar-refractivity contribution >= 4 is 34.2 Å². The van der Waals surface area contributed by atoms with Gasteiger partial charge in [0.25, 0.3) is 0 Å². The molecule has 0 aromatic heterocycles. The van der Waals surface area contributed by atoms with Crippen molar-refractivity contribution in [2.24, 2.45) is 0 Å². The van der Waals surface area contributed by atoms with Crippen LogP contribution in [0, 0.1) is 6.92 Å². The fraction of sp³-hybridized carbons (Fsp3) is 0.533. The van der Waals surface area contributed by atoms with Crippen LogP contribution in [-0.2, 0) is 11.2 Å². The zero-order chi connectivity index (χ0) is 13.8. The summed E-state index contributed by atoms with van der Waals surface area (Å²) in [6, 6.07) is 6.61. The van der Waals surface area contributed by atoms with E-state index >= 15 is 0 Å². The third-order valence-corrected chi connectivity index (χ3v) is 4.56. The molecule has 1 aromatic carbocycles. The van der Waals surface area contributed by atoms with Gasteiger partial charge in [-0.15, -0.1) is 12.4 Å². The van der Waals surface area contributed by atoms with E-state index in [1.807, 2.05) is 4.90 Å². The van der Waals surface area contributed by atoms with Gasteiger partial charge in [0.05, 0.1) is 0 Å². The molecule has 0 aliphatic carbocycles. The van der Waals surface area contributed by atoms with Gasteiger partial charge in [0.15, 0.2) is 0 Å². The summed E-state index contributed by atoms with van der Waals surface area (Å²) in [4.78, 5) is 14.2. The van der Waals surface area contributed by atoms with Crippen molar-refractivity contribution in [3.05, 3.63) is 33.8 Å². The minimum atomic E-state index is 0. The zero-order valence-electron chi connectivity index (χ0n) is 12.0. The number of amides is 1. The maximum atomic E-state index is 12.2. The molecule has 1 aliphatic heterocycles. The van der Waals surface area contributed by atoms with E-state index in [0.29, 0.717) is 12.5 Å². The van der Waals surface area contributed by atoms with E-state index in [2.05, 4.69) is 53.3 Å². The molecule has 5 heteroatoms. The maximum absolute atomic E-state index is 12.2. The van der Waals surface area contributed by atoms with Gasteiger partial charge in [-0.05, 0) is 37.5 Å². The lowest BCUT2D eigenvalue weighted by molar-refractivity contribution is -0.133. The molecule has 1 fully saturated rings. The molecule has 20 heavy (non-hydrogen) atoms. The Morgan fingerprint density at radius 3 is 2.90 bits per heavy atom. The minimum absolute atomic E-state index is 0. The fourth-order valence-corrected chi connectivity index (χ4v) is 2.72. The summed E-state index contributed by atoms with van der Waals surface area (Å²) < 4.78 is 1.12. The van der Waals surface area contributed by atoms with Crippen LogP contribution in [0.15, 0.2) is 22.7 Å². The first-order valence-electron chi connectivity index (χ1n) is 6.83. The van der Waals surface area contributed by atoms with E-state index in [-0.39, 0.29) is 18.3 Å². The Labute approximate surface area is 135 Å². The van der Waals surface area contributed by atoms with Gasteiger partial charge < -0.3 is 10.2 Å². The molecule has 3 nitrogen and oxygen atoms in total. The zero-order valence-corrected chi connectivity index (χ0v) is 14.4. The van der Waals surface area contributed by atoms with E-state index in [1.54, 1.807) is 0 Å². The van der Waals surface area contributed by atoms with Gasteiger partial charge in [0.2, 0.25) is 5.91 Å². The van der Waals surface area contributed by atoms with Gasteiger partial charge >= 0.3 is 0 Å². The molecular formula is C15H22BrClN2O. The van der Waals surface area contributed by atoms with Crippen molar-refractivity contribution in [1.29, 1.82) is 0 Å². The molecule has 1 atom stereocenters. The standard InChI is InChI=1S/C15H21BrN2O.ClH/c1-11-9-13(3-5-14(11)16)4-6-15(19)18-8-7-17-10-12(18)2;/h3,5,9,12,17H,4,6-8,10H2,1-2H3;1H. The number of hydrogen-bond donors (Lipinski definition) is 1. The highest BCUT2D eigenvalue weighted by Gasteiger charge is 2.22. The van der Waals surface area contributed by atoms with E-state index < -0.39 is 0 Å². The second-order valence-electron chi connectivity index (χ2n) is 5.22. The highest BCUT2D eigenvalue weighted by molar-refractivity contribution is 9.10. The van der Waals surface area contributed by atoms with E-state index in [1.165, 1.54) is 11.1 Å². The Morgan fingerprint density at radius 1 is 1.50 bits per heavy atom. The first-order chi connectivity index (χ1) is 9.08. The summed E-state index contributed by atoms with van der Waals surface area (Å²) in [5.41, 5.74) is 2.46. The van der Waals surface area contributed by atoms with Crippen molar-refractivity contribution in [2.45, 2.75) is 32.7 Å². The topological polar surface area (TPSA) is 32.3 Å². The number of nitrogens with zero attached hydrogens (tertiary/aromatic N) is 1. The smallest absolute Gasteiger partial charge is 0.223 e. The van der Waals surface area contributed by atoms with Crippen LogP contribution in [0.4, 0.5) is 0 Å². The number of rotatable bonds is 3. The molecule has 0 bridgehead atoms. The number of nitrogens with one attached hydrogen (secondary N) is 1. The summed E-state index contributed by atoms with van der Waals surface area (Å²) in [6.45, 7) is 6.83. The van der Waals surface area contributed by atoms with E-state index in [0.717, 1.165) is 30.5 Å². The lowest BCUT2D eigenvalue weighted by Crippen LogP contribution is -2.52. The molecule has 0 saturated carbocycles. The van der Waals surface area contributed by atoms with Gasteiger partial charge in [-0.1, -0.05) is 28.1 Å². The molecule has 1 heterocycles. The number of aryl methyl sites for hydroxylation is 2. The number of benzene rings is 1. The van der Waals surface area contributed by atoms with Crippen molar-refractivity contribution < 1.29 is 4.79 Å². The van der Waals surface area contributed by atoms with Gasteiger partial charge in [-0.3, -0.25) is 4.79 Å². The number of carbonyl (C=O) groups excluding carboxylic acids is 1. The van der Waals surface area contributed by atoms with Gasteiger partial charge in [0, 0.05) is 36.6 Å². The first kappa shape index (κ1) is 17.5. The molecule has 1 aromatic rings. The summed E-state index contributed by atoms with van der Waals surface area (Å²) in [7, 11) is 0. The number of piperazine rings is 1. The van der Waals surface area contributed by atoms with Crippen LogP contribution < -0.4 is 5.32 Å². The largest absolute Gasteiger partial charge is 0.337 e.